The summed E-state index contributed by atoms with van der Waals surface area (Å²) in [5, 5.41) is 12.5. The third-order valence-electron chi connectivity index (χ3n) is 5.70. The molecule has 3 aliphatic heterocycles. The van der Waals surface area contributed by atoms with Crippen molar-refractivity contribution in [2.24, 2.45) is 0 Å². The number of nitrogens with zero attached hydrogens (tertiary/aromatic N) is 4. The maximum absolute atomic E-state index is 13.0. The van der Waals surface area contributed by atoms with Gasteiger partial charge in [0, 0.05) is 25.8 Å². The number of urea groups is 1. The second kappa shape index (κ2) is 6.75. The van der Waals surface area contributed by atoms with Crippen LogP contribution in [-0.2, 0) is 9.59 Å². The first kappa shape index (κ1) is 18.7. The number of aryl methyl sites for hydroxylation is 2. The molecule has 9 nitrogen and oxygen atoms in total. The number of carboxylic acids is 1. The third kappa shape index (κ3) is 2.91. The number of nitrogens with one attached hydrogen (secondary N) is 1. The monoisotopic (exact) mass is 387 g/mol. The van der Waals surface area contributed by atoms with E-state index in [0.29, 0.717) is 6.54 Å². The van der Waals surface area contributed by atoms with Crippen LogP contribution in [0.1, 0.15) is 17.5 Å². The fourth-order valence-electron chi connectivity index (χ4n) is 4.58. The van der Waals surface area contributed by atoms with Crippen molar-refractivity contribution in [3.63, 3.8) is 0 Å². The van der Waals surface area contributed by atoms with E-state index in [4.69, 9.17) is 5.11 Å². The second-order valence-corrected chi connectivity index (χ2v) is 7.77. The molecule has 0 bridgehead atoms. The molecule has 9 heteroatoms. The quantitative estimate of drug-likeness (QED) is 0.774. The molecule has 0 saturated carbocycles. The standard InChI is InChI=1S/C19H25N5O4/c1-11-7-12(2)9-13(8-11)22-5-4-6-23-15-16(20-18(22)23)21(3)19(28)24(17(15)27)10-14(25)26/h7-9,15-16,18,20H,4-6,10H2,1-3H3,(H,25,26). The Balaban J connectivity index is 1.67. The molecule has 0 radical (unpaired) electrons. The van der Waals surface area contributed by atoms with Crippen LogP contribution < -0.4 is 10.2 Å². The van der Waals surface area contributed by atoms with Gasteiger partial charge in [-0.1, -0.05) is 6.07 Å². The van der Waals surface area contributed by atoms with Crippen LogP contribution in [0.2, 0.25) is 0 Å². The number of carbonyl (C=O) groups is 3. The summed E-state index contributed by atoms with van der Waals surface area (Å²) in [4.78, 5) is 43.3. The van der Waals surface area contributed by atoms with Crippen molar-refractivity contribution in [3.05, 3.63) is 29.3 Å². The van der Waals surface area contributed by atoms with E-state index >= 15 is 0 Å². The van der Waals surface area contributed by atoms with Crippen molar-refractivity contribution < 1.29 is 19.5 Å². The first-order chi connectivity index (χ1) is 13.3. The van der Waals surface area contributed by atoms with Crippen molar-refractivity contribution in [2.75, 3.05) is 31.6 Å². The molecule has 3 aliphatic rings. The third-order valence-corrected chi connectivity index (χ3v) is 5.70. The fourth-order valence-corrected chi connectivity index (χ4v) is 4.58. The number of hydrogen-bond acceptors (Lipinski definition) is 6. The topological polar surface area (TPSA) is 96.4 Å². The van der Waals surface area contributed by atoms with Gasteiger partial charge in [0.15, 0.2) is 0 Å². The van der Waals surface area contributed by atoms with Gasteiger partial charge in [-0.3, -0.25) is 24.7 Å². The highest BCUT2D eigenvalue weighted by Crippen LogP contribution is 2.33. The number of imide groups is 1. The molecule has 28 heavy (non-hydrogen) atoms. The number of hydrogen-bond donors (Lipinski definition) is 2. The van der Waals surface area contributed by atoms with Crippen LogP contribution in [0.5, 0.6) is 0 Å². The normalized spacial score (nSPS) is 27.8. The van der Waals surface area contributed by atoms with Crippen molar-refractivity contribution in [1.29, 1.82) is 0 Å². The van der Waals surface area contributed by atoms with Gasteiger partial charge < -0.3 is 14.9 Å². The molecule has 3 saturated heterocycles. The van der Waals surface area contributed by atoms with E-state index in [-0.39, 0.29) is 6.29 Å². The Morgan fingerprint density at radius 1 is 1.18 bits per heavy atom. The Morgan fingerprint density at radius 3 is 2.50 bits per heavy atom. The first-order valence-corrected chi connectivity index (χ1v) is 9.44. The molecule has 3 unspecified atom stereocenters. The molecule has 0 spiro atoms. The van der Waals surface area contributed by atoms with Crippen molar-refractivity contribution in [1.82, 2.24) is 20.0 Å². The zero-order valence-electron chi connectivity index (χ0n) is 16.3. The van der Waals surface area contributed by atoms with Crippen LogP contribution in [0.4, 0.5) is 10.5 Å². The molecule has 3 fully saturated rings. The number of anilines is 1. The lowest BCUT2D eigenvalue weighted by Crippen LogP contribution is -2.66. The number of likely N-dealkylation sites (N-methyl/N-ethyl adjacent to an activating group) is 1. The number of carboxylic acid groups (broad SMARTS) is 1. The molecule has 1 aromatic rings. The maximum atomic E-state index is 13.0. The van der Waals surface area contributed by atoms with Crippen LogP contribution in [0, 0.1) is 13.8 Å². The van der Waals surface area contributed by atoms with Gasteiger partial charge >= 0.3 is 12.0 Å². The van der Waals surface area contributed by atoms with Crippen LogP contribution in [-0.4, -0.2) is 82.9 Å². The molecule has 3 heterocycles. The van der Waals surface area contributed by atoms with Crippen LogP contribution >= 0.6 is 0 Å². The van der Waals surface area contributed by atoms with E-state index in [1.54, 1.807) is 7.05 Å². The van der Waals surface area contributed by atoms with E-state index in [0.717, 1.165) is 23.6 Å². The summed E-state index contributed by atoms with van der Waals surface area (Å²) < 4.78 is 0. The Hall–Kier alpha value is -2.65. The number of aliphatic carboxylic acids is 1. The molecule has 1 aromatic carbocycles. The molecular formula is C19H25N5O4. The SMILES string of the molecule is Cc1cc(C)cc(N2CCCN3C4C(=O)N(CC(=O)O)C(=O)N(C)C4NC23)c1. The highest BCUT2D eigenvalue weighted by molar-refractivity contribution is 6.02. The zero-order chi connectivity index (χ0) is 20.2. The maximum Gasteiger partial charge on any atom is 0.328 e. The van der Waals surface area contributed by atoms with Gasteiger partial charge in [0.2, 0.25) is 0 Å². The van der Waals surface area contributed by atoms with Crippen LogP contribution in [0.3, 0.4) is 0 Å². The number of rotatable bonds is 3. The average Bonchev–Trinajstić information content (AvgIpc) is 3.02. The highest BCUT2D eigenvalue weighted by Gasteiger charge is 2.56. The summed E-state index contributed by atoms with van der Waals surface area (Å²) in [6.45, 7) is 5.03. The van der Waals surface area contributed by atoms with E-state index in [1.165, 1.54) is 16.0 Å². The van der Waals surface area contributed by atoms with Gasteiger partial charge in [-0.25, -0.2) is 4.79 Å². The summed E-state index contributed by atoms with van der Waals surface area (Å²) in [5.41, 5.74) is 3.40. The van der Waals surface area contributed by atoms with E-state index in [9.17, 15) is 14.4 Å². The molecule has 4 rings (SSSR count). The molecular weight excluding hydrogens is 362 g/mol. The van der Waals surface area contributed by atoms with Gasteiger partial charge in [-0.05, 0) is 43.5 Å². The van der Waals surface area contributed by atoms with Crippen molar-refractivity contribution >= 4 is 23.6 Å². The fraction of sp³-hybridized carbons (Fsp3) is 0.526. The Kier molecular flexibility index (Phi) is 4.51. The molecule has 0 aromatic heterocycles. The highest BCUT2D eigenvalue weighted by atomic mass is 16.4. The van der Waals surface area contributed by atoms with Crippen molar-refractivity contribution in [3.8, 4) is 0 Å². The van der Waals surface area contributed by atoms with Crippen LogP contribution in [0.25, 0.3) is 0 Å². The second-order valence-electron chi connectivity index (χ2n) is 7.77. The minimum absolute atomic E-state index is 0.228. The minimum Gasteiger partial charge on any atom is -0.480 e. The van der Waals surface area contributed by atoms with E-state index in [2.05, 4.69) is 42.3 Å². The lowest BCUT2D eigenvalue weighted by molar-refractivity contribution is -0.147. The zero-order valence-corrected chi connectivity index (χ0v) is 16.3. The van der Waals surface area contributed by atoms with Gasteiger partial charge in [-0.15, -0.1) is 0 Å². The molecule has 2 N–H and O–H groups in total. The molecule has 150 valence electrons. The minimum atomic E-state index is -1.20. The number of benzene rings is 1. The largest absolute Gasteiger partial charge is 0.480 e. The lowest BCUT2D eigenvalue weighted by atomic mass is 10.1. The summed E-state index contributed by atoms with van der Waals surface area (Å²) >= 11 is 0. The Bertz CT molecular complexity index is 823. The smallest absolute Gasteiger partial charge is 0.328 e. The first-order valence-electron chi connectivity index (χ1n) is 9.44. The average molecular weight is 387 g/mol. The summed E-state index contributed by atoms with van der Waals surface area (Å²) in [5.74, 6) is -1.65. The molecule has 0 aliphatic carbocycles. The van der Waals surface area contributed by atoms with E-state index in [1.807, 2.05) is 4.90 Å². The predicted octanol–water partition coefficient (Wildman–Crippen LogP) is 0.376. The summed E-state index contributed by atoms with van der Waals surface area (Å²) in [6, 6.07) is 5.17. The molecule has 3 amide bonds. The van der Waals surface area contributed by atoms with Gasteiger partial charge in [0.25, 0.3) is 5.91 Å². The molecule has 3 atom stereocenters. The predicted molar refractivity (Wildman–Crippen MR) is 102 cm³/mol. The summed E-state index contributed by atoms with van der Waals surface area (Å²) in [7, 11) is 1.61. The van der Waals surface area contributed by atoms with E-state index < -0.39 is 36.7 Å². The number of amides is 3. The number of carbonyl (C=O) groups excluding carboxylic acids is 2. The Morgan fingerprint density at radius 2 is 1.86 bits per heavy atom. The Labute approximate surface area is 163 Å². The van der Waals surface area contributed by atoms with Crippen LogP contribution in [0.15, 0.2) is 18.2 Å². The lowest BCUT2D eigenvalue weighted by Gasteiger charge is -2.43. The van der Waals surface area contributed by atoms with Gasteiger partial charge in [-0.2, -0.15) is 0 Å². The number of fused-ring (bicyclic) bond motifs is 3. The van der Waals surface area contributed by atoms with Crippen molar-refractivity contribution in [2.45, 2.75) is 38.8 Å². The summed E-state index contributed by atoms with van der Waals surface area (Å²) in [6.07, 6.45) is 0.161. The van der Waals surface area contributed by atoms with Gasteiger partial charge in [0.1, 0.15) is 25.0 Å². The van der Waals surface area contributed by atoms with Gasteiger partial charge in [0.05, 0.1) is 0 Å².